The largest absolute Gasteiger partial charge is 1.00 e. The van der Waals surface area contributed by atoms with Crippen LogP contribution >= 0.6 is 0 Å². The van der Waals surface area contributed by atoms with Gasteiger partial charge in [0.2, 0.25) is 0 Å². The number of alkyl halides is 3. The summed E-state index contributed by atoms with van der Waals surface area (Å²) in [6.45, 7) is 0. The Bertz CT molecular complexity index is 58.4. The topological polar surface area (TPSA) is 17.1 Å². The molecular weight excluding hydrogens is 205 g/mol. The Balaban J connectivity index is 0. The van der Waals surface area contributed by atoms with Gasteiger partial charge in [0.15, 0.2) is 0 Å². The van der Waals surface area contributed by atoms with Gasteiger partial charge in [0.05, 0.1) is 0 Å². The van der Waals surface area contributed by atoms with Crippen molar-refractivity contribution in [2.24, 2.45) is 0 Å². The van der Waals surface area contributed by atoms with Crippen LogP contribution < -0.4 is 0 Å². The maximum atomic E-state index is 10.4. The summed E-state index contributed by atoms with van der Waals surface area (Å²) < 4.78 is 31.1. The van der Waals surface area contributed by atoms with Crippen molar-refractivity contribution in [3.8, 4) is 0 Å². The molecule has 0 saturated heterocycles. The smallest absolute Gasteiger partial charge is 0.533 e. The summed E-state index contributed by atoms with van der Waals surface area (Å²) in [5, 5.41) is 0. The first-order valence-corrected chi connectivity index (χ1v) is 1.02. The zero-order chi connectivity index (χ0) is 5.21. The van der Waals surface area contributed by atoms with Crippen molar-refractivity contribution in [2.75, 3.05) is 0 Å². The first-order chi connectivity index (χ1) is 2.56. The zero-order valence-corrected chi connectivity index (χ0v) is 4.33. The molecule has 1 nitrogen and oxygen atoms in total. The molecule has 0 radical (unpaired) electrons. The van der Waals surface area contributed by atoms with Crippen molar-refractivity contribution in [1.29, 1.82) is 0 Å². The van der Waals surface area contributed by atoms with Crippen LogP contribution in [0.5, 0.6) is 0 Å². The van der Waals surface area contributed by atoms with Crippen molar-refractivity contribution in [2.45, 2.75) is 6.18 Å². The molecule has 0 heterocycles. The minimum atomic E-state index is -4.76. The molecule has 0 aromatic heterocycles. The zero-order valence-electron chi connectivity index (χ0n) is 2.84. The van der Waals surface area contributed by atoms with Gasteiger partial charge in [-0.15, -0.1) is 0 Å². The maximum Gasteiger partial charge on any atom is 1.00 e. The Morgan fingerprint density at radius 3 is 1.43 bits per heavy atom. The molecule has 0 rings (SSSR count). The summed E-state index contributed by atoms with van der Waals surface area (Å²) in [5.74, 6) is 0. The minimum absolute atomic E-state index is 0. The summed E-state index contributed by atoms with van der Waals surface area (Å²) >= 11 is 0. The van der Waals surface area contributed by atoms with E-state index in [0.29, 0.717) is 0 Å². The second kappa shape index (κ2) is 3.23. The Hall–Kier alpha value is 0.200. The van der Waals surface area contributed by atoms with Gasteiger partial charge in [-0.3, -0.25) is 0 Å². The fraction of sp³-hybridized carbons (Fsp3) is 0.500. The van der Waals surface area contributed by atoms with E-state index in [1.807, 2.05) is 0 Å². The molecule has 0 aliphatic rings. The van der Waals surface area contributed by atoms with E-state index in [1.54, 1.807) is 0 Å². The van der Waals surface area contributed by atoms with E-state index < -0.39 is 6.18 Å². The van der Waals surface area contributed by atoms with Crippen LogP contribution in [0.3, 0.4) is 0 Å². The van der Waals surface area contributed by atoms with Crippen LogP contribution in [-0.4, -0.2) is 12.5 Å². The monoisotopic (exact) mass is 204 g/mol. The summed E-state index contributed by atoms with van der Waals surface area (Å²) in [6, 6.07) is 0. The minimum Gasteiger partial charge on any atom is -0.533 e. The molecule has 46 valence electrons. The second-order valence-corrected chi connectivity index (χ2v) is 0.600. The maximum absolute atomic E-state index is 10.4. The summed E-state index contributed by atoms with van der Waals surface area (Å²) in [6.07, 6.45) is -4.91. The van der Waals surface area contributed by atoms with Crippen LogP contribution in [0, 0.1) is 0 Å². The van der Waals surface area contributed by atoms with E-state index in [-0.39, 0.29) is 28.7 Å². The van der Waals surface area contributed by atoms with Gasteiger partial charge in [0.1, 0.15) is 0 Å². The number of carbonyl (C=O) groups excluding carboxylic acids is 1. The van der Waals surface area contributed by atoms with E-state index in [2.05, 4.69) is 0 Å². The molecule has 0 fully saturated rings. The van der Waals surface area contributed by atoms with Crippen LogP contribution in [0.2, 0.25) is 0 Å². The number of hydrogen-bond donors (Lipinski definition) is 0. The van der Waals surface area contributed by atoms with Crippen LogP contribution in [0.15, 0.2) is 0 Å². The van der Waals surface area contributed by atoms with Crippen LogP contribution in [0.4, 0.5) is 13.2 Å². The van der Waals surface area contributed by atoms with Gasteiger partial charge in [-0.1, -0.05) is 0 Å². The van der Waals surface area contributed by atoms with Gasteiger partial charge < -0.3 is 4.79 Å². The van der Waals surface area contributed by atoms with Gasteiger partial charge in [-0.2, -0.15) is 6.29 Å². The van der Waals surface area contributed by atoms with Crippen molar-refractivity contribution in [3.63, 3.8) is 0 Å². The van der Waals surface area contributed by atoms with E-state index in [4.69, 9.17) is 4.79 Å². The van der Waals surface area contributed by atoms with E-state index in [1.165, 1.54) is 0 Å². The standard InChI is InChI=1S/C2F3O.Ag/c3-2(4,5)1-6;/q-1;+1. The molecule has 0 amide bonds. The van der Waals surface area contributed by atoms with E-state index in [0.717, 1.165) is 0 Å². The SMILES string of the molecule is O=[C-]C(F)(F)F.[Ag+]. The van der Waals surface area contributed by atoms with E-state index in [9.17, 15) is 13.2 Å². The average Bonchev–Trinajstić information content (AvgIpc) is 1.35. The van der Waals surface area contributed by atoms with E-state index >= 15 is 0 Å². The molecule has 0 bridgehead atoms. The van der Waals surface area contributed by atoms with Gasteiger partial charge in [-0.05, 0) is 0 Å². The molecule has 7 heavy (non-hydrogen) atoms. The number of rotatable bonds is 0. The Morgan fingerprint density at radius 1 is 1.29 bits per heavy atom. The van der Waals surface area contributed by atoms with Crippen molar-refractivity contribution in [3.05, 3.63) is 0 Å². The van der Waals surface area contributed by atoms with Gasteiger partial charge >= 0.3 is 22.4 Å². The number of halogens is 3. The average molecular weight is 205 g/mol. The Kier molecular flexibility index (Phi) is 4.73. The molecule has 5 heteroatoms. The van der Waals surface area contributed by atoms with Crippen molar-refractivity contribution < 1.29 is 40.3 Å². The second-order valence-electron chi connectivity index (χ2n) is 0.600. The molecule has 0 unspecified atom stereocenters. The molecule has 0 N–H and O–H groups in total. The third kappa shape index (κ3) is 10.7. The van der Waals surface area contributed by atoms with Crippen LogP contribution in [0.25, 0.3) is 0 Å². The summed E-state index contributed by atoms with van der Waals surface area (Å²) in [5.41, 5.74) is 0. The molecule has 0 aliphatic heterocycles. The molecule has 0 spiro atoms. The Morgan fingerprint density at radius 2 is 1.43 bits per heavy atom. The van der Waals surface area contributed by atoms with Crippen molar-refractivity contribution >= 4 is 6.29 Å². The molecule has 0 aromatic rings. The third-order valence-electron chi connectivity index (χ3n) is 0.116. The first-order valence-electron chi connectivity index (χ1n) is 1.02. The molecule has 0 aromatic carbocycles. The van der Waals surface area contributed by atoms with Gasteiger partial charge in [-0.25, -0.2) is 13.2 Å². The first kappa shape index (κ1) is 10.2. The third-order valence-corrected chi connectivity index (χ3v) is 0.116. The fourth-order valence-electron chi connectivity index (χ4n) is 0. The summed E-state index contributed by atoms with van der Waals surface area (Å²) in [4.78, 5) is 8.58. The van der Waals surface area contributed by atoms with Crippen molar-refractivity contribution in [1.82, 2.24) is 0 Å². The normalized spacial score (nSPS) is 9.57. The van der Waals surface area contributed by atoms with Crippen LogP contribution in [0.1, 0.15) is 0 Å². The molecule has 0 saturated carbocycles. The fourth-order valence-corrected chi connectivity index (χ4v) is 0. The quantitative estimate of drug-likeness (QED) is 0.419. The van der Waals surface area contributed by atoms with Gasteiger partial charge in [0, 0.05) is 0 Å². The van der Waals surface area contributed by atoms with Gasteiger partial charge in [0.25, 0.3) is 6.18 Å². The predicted octanol–water partition coefficient (Wildman–Crippen LogP) is 0.656. The number of hydrogen-bond acceptors (Lipinski definition) is 1. The van der Waals surface area contributed by atoms with Crippen LogP contribution in [-0.2, 0) is 27.2 Å². The molecule has 0 atom stereocenters. The summed E-state index contributed by atoms with van der Waals surface area (Å²) in [7, 11) is 0. The molecule has 0 aliphatic carbocycles. The molecular formula is C2AgF3O. The predicted molar refractivity (Wildman–Crippen MR) is 11.7 cm³/mol. The Labute approximate surface area is 53.4 Å².